The van der Waals surface area contributed by atoms with Crippen molar-refractivity contribution in [1.82, 2.24) is 5.43 Å². The van der Waals surface area contributed by atoms with Crippen LogP contribution in [0.4, 0.5) is 0 Å². The Hall–Kier alpha value is -2.04. The molecule has 0 unspecified atom stereocenters. The minimum atomic E-state index is -0.267. The molecule has 5 heteroatoms. The highest BCUT2D eigenvalue weighted by Crippen LogP contribution is 2.16. The first-order valence-electron chi connectivity index (χ1n) is 6.74. The number of ether oxygens (including phenoxy) is 2. The third-order valence-electron chi connectivity index (χ3n) is 2.69. The van der Waals surface area contributed by atoms with Gasteiger partial charge in [-0.15, -0.1) is 0 Å². The SMILES string of the molecule is CCCCC(C)=NNC(=O)COc1ccc(OC)cc1. The first-order chi connectivity index (χ1) is 9.65. The van der Waals surface area contributed by atoms with Crippen LogP contribution in [0.15, 0.2) is 29.4 Å². The van der Waals surface area contributed by atoms with Gasteiger partial charge >= 0.3 is 0 Å². The van der Waals surface area contributed by atoms with E-state index in [4.69, 9.17) is 9.47 Å². The highest BCUT2D eigenvalue weighted by molar-refractivity contribution is 5.84. The molecular weight excluding hydrogens is 256 g/mol. The summed E-state index contributed by atoms with van der Waals surface area (Å²) in [4.78, 5) is 11.5. The van der Waals surface area contributed by atoms with Crippen molar-refractivity contribution in [3.05, 3.63) is 24.3 Å². The van der Waals surface area contributed by atoms with E-state index >= 15 is 0 Å². The lowest BCUT2D eigenvalue weighted by molar-refractivity contribution is -0.123. The van der Waals surface area contributed by atoms with E-state index in [0.717, 1.165) is 30.7 Å². The number of unbranched alkanes of at least 4 members (excludes halogenated alkanes) is 1. The van der Waals surface area contributed by atoms with Gasteiger partial charge < -0.3 is 9.47 Å². The molecular formula is C15H22N2O3. The van der Waals surface area contributed by atoms with Crippen molar-refractivity contribution in [1.29, 1.82) is 0 Å². The second kappa shape index (κ2) is 8.96. The Morgan fingerprint density at radius 1 is 1.25 bits per heavy atom. The van der Waals surface area contributed by atoms with Crippen LogP contribution in [0.3, 0.4) is 0 Å². The normalized spacial score (nSPS) is 11.1. The molecule has 0 saturated heterocycles. The van der Waals surface area contributed by atoms with Crippen molar-refractivity contribution in [2.24, 2.45) is 5.10 Å². The fourth-order valence-electron chi connectivity index (χ4n) is 1.50. The maximum Gasteiger partial charge on any atom is 0.277 e. The quantitative estimate of drug-likeness (QED) is 0.587. The van der Waals surface area contributed by atoms with E-state index in [0.29, 0.717) is 5.75 Å². The Balaban J connectivity index is 2.31. The number of rotatable bonds is 8. The molecule has 5 nitrogen and oxygen atoms in total. The molecule has 0 radical (unpaired) electrons. The van der Waals surface area contributed by atoms with Crippen LogP contribution in [0.25, 0.3) is 0 Å². The molecule has 1 aromatic rings. The Morgan fingerprint density at radius 2 is 1.90 bits per heavy atom. The second-order valence-corrected chi connectivity index (χ2v) is 4.45. The predicted octanol–water partition coefficient (Wildman–Crippen LogP) is 2.76. The van der Waals surface area contributed by atoms with Crippen molar-refractivity contribution >= 4 is 11.6 Å². The van der Waals surface area contributed by atoms with Crippen LogP contribution in [-0.4, -0.2) is 25.3 Å². The van der Waals surface area contributed by atoms with Gasteiger partial charge in [0.1, 0.15) is 11.5 Å². The number of hydrogen-bond acceptors (Lipinski definition) is 4. The number of amides is 1. The van der Waals surface area contributed by atoms with Crippen molar-refractivity contribution < 1.29 is 14.3 Å². The summed E-state index contributed by atoms with van der Waals surface area (Å²) in [7, 11) is 1.60. The average molecular weight is 278 g/mol. The molecule has 0 atom stereocenters. The van der Waals surface area contributed by atoms with Gasteiger partial charge in [0.25, 0.3) is 5.91 Å². The van der Waals surface area contributed by atoms with Crippen molar-refractivity contribution in [3.8, 4) is 11.5 Å². The van der Waals surface area contributed by atoms with Gasteiger partial charge in [-0.05, 0) is 44.0 Å². The summed E-state index contributed by atoms with van der Waals surface area (Å²) in [6, 6.07) is 7.06. The van der Waals surface area contributed by atoms with Gasteiger partial charge in [0.2, 0.25) is 0 Å². The highest BCUT2D eigenvalue weighted by atomic mass is 16.5. The van der Waals surface area contributed by atoms with E-state index in [1.807, 2.05) is 6.92 Å². The molecule has 0 aliphatic heterocycles. The summed E-state index contributed by atoms with van der Waals surface area (Å²) >= 11 is 0. The van der Waals surface area contributed by atoms with Crippen LogP contribution < -0.4 is 14.9 Å². The fourth-order valence-corrected chi connectivity index (χ4v) is 1.50. The van der Waals surface area contributed by atoms with E-state index in [1.165, 1.54) is 0 Å². The van der Waals surface area contributed by atoms with Crippen LogP contribution >= 0.6 is 0 Å². The van der Waals surface area contributed by atoms with Crippen LogP contribution in [0.5, 0.6) is 11.5 Å². The van der Waals surface area contributed by atoms with E-state index in [9.17, 15) is 4.79 Å². The molecule has 0 fully saturated rings. The summed E-state index contributed by atoms with van der Waals surface area (Å²) in [6.07, 6.45) is 3.09. The number of nitrogens with one attached hydrogen (secondary N) is 1. The lowest BCUT2D eigenvalue weighted by Gasteiger charge is -2.06. The first-order valence-corrected chi connectivity index (χ1v) is 6.74. The number of methoxy groups -OCH3 is 1. The van der Waals surface area contributed by atoms with Crippen molar-refractivity contribution in [2.45, 2.75) is 33.1 Å². The smallest absolute Gasteiger partial charge is 0.277 e. The lowest BCUT2D eigenvalue weighted by atomic mass is 10.2. The number of hydrazone groups is 1. The van der Waals surface area contributed by atoms with Gasteiger partial charge in [-0.25, -0.2) is 5.43 Å². The Labute approximate surface area is 120 Å². The standard InChI is InChI=1S/C15H22N2O3/c1-4-5-6-12(2)16-17-15(18)11-20-14-9-7-13(19-3)8-10-14/h7-10H,4-6,11H2,1-3H3,(H,17,18). The van der Waals surface area contributed by atoms with Crippen LogP contribution in [0, 0.1) is 0 Å². The largest absolute Gasteiger partial charge is 0.497 e. The molecule has 110 valence electrons. The maximum absolute atomic E-state index is 11.5. The third kappa shape index (κ3) is 6.22. The van der Waals surface area contributed by atoms with Gasteiger partial charge in [0.15, 0.2) is 6.61 Å². The molecule has 0 bridgehead atoms. The van der Waals surface area contributed by atoms with Crippen molar-refractivity contribution in [2.75, 3.05) is 13.7 Å². The number of hydrogen-bond donors (Lipinski definition) is 1. The minimum absolute atomic E-state index is 0.0586. The van der Waals surface area contributed by atoms with E-state index in [2.05, 4.69) is 17.5 Å². The molecule has 0 spiro atoms. The minimum Gasteiger partial charge on any atom is -0.497 e. The second-order valence-electron chi connectivity index (χ2n) is 4.45. The maximum atomic E-state index is 11.5. The lowest BCUT2D eigenvalue weighted by Crippen LogP contribution is -2.25. The highest BCUT2D eigenvalue weighted by Gasteiger charge is 2.02. The fraction of sp³-hybridized carbons (Fsp3) is 0.467. The van der Waals surface area contributed by atoms with Crippen LogP contribution in [0.1, 0.15) is 33.1 Å². The molecule has 1 rings (SSSR count). The number of carbonyl (C=O) groups is 1. The van der Waals surface area contributed by atoms with Gasteiger partial charge in [-0.2, -0.15) is 5.10 Å². The molecule has 0 saturated carbocycles. The first kappa shape index (κ1) is 16.0. The summed E-state index contributed by atoms with van der Waals surface area (Å²) in [5.74, 6) is 1.10. The molecule has 0 aliphatic carbocycles. The van der Waals surface area contributed by atoms with Crippen LogP contribution in [0.2, 0.25) is 0 Å². The van der Waals surface area contributed by atoms with E-state index in [1.54, 1.807) is 31.4 Å². The number of nitrogens with zero attached hydrogens (tertiary/aromatic N) is 1. The van der Waals surface area contributed by atoms with Crippen molar-refractivity contribution in [3.63, 3.8) is 0 Å². The number of benzene rings is 1. The molecule has 1 N–H and O–H groups in total. The van der Waals surface area contributed by atoms with Gasteiger partial charge in [0.05, 0.1) is 7.11 Å². The molecule has 0 aromatic heterocycles. The Morgan fingerprint density at radius 3 is 2.50 bits per heavy atom. The molecule has 1 amide bonds. The third-order valence-corrected chi connectivity index (χ3v) is 2.69. The average Bonchev–Trinajstić information content (AvgIpc) is 2.49. The summed E-state index contributed by atoms with van der Waals surface area (Å²) in [5.41, 5.74) is 3.40. The Kier molecular flexibility index (Phi) is 7.17. The molecule has 0 aliphatic rings. The van der Waals surface area contributed by atoms with E-state index in [-0.39, 0.29) is 12.5 Å². The zero-order valence-corrected chi connectivity index (χ0v) is 12.3. The molecule has 0 heterocycles. The monoisotopic (exact) mass is 278 g/mol. The summed E-state index contributed by atoms with van der Waals surface area (Å²) in [6.45, 7) is 3.96. The zero-order chi connectivity index (χ0) is 14.8. The summed E-state index contributed by atoms with van der Waals surface area (Å²) < 4.78 is 10.4. The number of carbonyl (C=O) groups excluding carboxylic acids is 1. The van der Waals surface area contributed by atoms with E-state index < -0.39 is 0 Å². The predicted molar refractivity (Wildman–Crippen MR) is 79.3 cm³/mol. The van der Waals surface area contributed by atoms with Gasteiger partial charge in [0, 0.05) is 5.71 Å². The van der Waals surface area contributed by atoms with Gasteiger partial charge in [-0.1, -0.05) is 13.3 Å². The topological polar surface area (TPSA) is 59.9 Å². The molecule has 20 heavy (non-hydrogen) atoms. The molecule has 1 aromatic carbocycles. The zero-order valence-electron chi connectivity index (χ0n) is 12.3. The summed E-state index contributed by atoms with van der Waals surface area (Å²) in [5, 5.41) is 4.02. The Bertz CT molecular complexity index is 441. The van der Waals surface area contributed by atoms with Crippen LogP contribution in [-0.2, 0) is 4.79 Å². The van der Waals surface area contributed by atoms with Gasteiger partial charge in [-0.3, -0.25) is 4.79 Å².